The number of carbonyl (C=O) groups is 1. The number of pyridine rings is 1. The molecule has 0 amide bonds. The van der Waals surface area contributed by atoms with E-state index in [0.717, 1.165) is 6.42 Å². The van der Waals surface area contributed by atoms with Crippen molar-refractivity contribution in [1.29, 1.82) is 0 Å². The highest BCUT2D eigenvalue weighted by Crippen LogP contribution is 2.19. The van der Waals surface area contributed by atoms with Crippen molar-refractivity contribution in [3.05, 3.63) is 34.0 Å². The normalized spacial score (nSPS) is 11.9. The summed E-state index contributed by atoms with van der Waals surface area (Å²) in [7, 11) is 0. The molecule has 1 aromatic rings. The highest BCUT2D eigenvalue weighted by atomic mass is 19.1. The van der Waals surface area contributed by atoms with E-state index in [1.165, 1.54) is 10.6 Å². The Morgan fingerprint density at radius 3 is 2.19 bits per heavy atom. The van der Waals surface area contributed by atoms with Gasteiger partial charge in [0.1, 0.15) is 6.04 Å². The molecule has 0 aliphatic carbocycles. The second kappa shape index (κ2) is 13.4. The maximum absolute atomic E-state index is 13.8. The summed E-state index contributed by atoms with van der Waals surface area (Å²) in [6, 6.07) is 0.476. The topological polar surface area (TPSA) is 48.3 Å². The highest BCUT2D eigenvalue weighted by Gasteiger charge is 2.25. The van der Waals surface area contributed by atoms with Crippen molar-refractivity contribution < 1.29 is 18.3 Å². The van der Waals surface area contributed by atoms with E-state index in [1.807, 2.05) is 34.6 Å². The van der Waals surface area contributed by atoms with E-state index in [1.54, 1.807) is 13.1 Å². The third-order valence-electron chi connectivity index (χ3n) is 4.07. The summed E-state index contributed by atoms with van der Waals surface area (Å²) in [5.41, 5.74) is -0.0544. The fourth-order valence-corrected chi connectivity index (χ4v) is 2.58. The van der Waals surface area contributed by atoms with Crippen molar-refractivity contribution in [3.63, 3.8) is 0 Å². The lowest BCUT2D eigenvalue weighted by molar-refractivity contribution is -0.147. The Balaban J connectivity index is 0.000000972. The second-order valence-corrected chi connectivity index (χ2v) is 6.97. The zero-order valence-corrected chi connectivity index (χ0v) is 17.6. The first-order valence-electron chi connectivity index (χ1n) is 9.92. The van der Waals surface area contributed by atoms with E-state index >= 15 is 0 Å². The molecular weight excluding hydrogens is 352 g/mol. The monoisotopic (exact) mass is 387 g/mol. The zero-order valence-electron chi connectivity index (χ0n) is 17.6. The van der Waals surface area contributed by atoms with Crippen LogP contribution in [0.3, 0.4) is 0 Å². The van der Waals surface area contributed by atoms with E-state index in [0.29, 0.717) is 31.2 Å². The molecule has 1 heterocycles. The molecule has 27 heavy (non-hydrogen) atoms. The van der Waals surface area contributed by atoms with Gasteiger partial charge in [0.05, 0.1) is 12.8 Å². The number of rotatable bonds is 9. The number of aryl methyl sites for hydroxylation is 1. The smallest absolute Gasteiger partial charge is 0.329 e. The Morgan fingerprint density at radius 2 is 1.78 bits per heavy atom. The lowest BCUT2D eigenvalue weighted by Crippen LogP contribution is -2.33. The molecule has 6 heteroatoms. The summed E-state index contributed by atoms with van der Waals surface area (Å²) < 4.78 is 31.9. The molecule has 0 aliphatic rings. The molecule has 0 aliphatic heterocycles. The van der Waals surface area contributed by atoms with Crippen LogP contribution in [0.4, 0.5) is 8.78 Å². The van der Waals surface area contributed by atoms with Crippen LogP contribution in [0.1, 0.15) is 78.8 Å². The zero-order chi connectivity index (χ0) is 21.0. The van der Waals surface area contributed by atoms with Gasteiger partial charge in [-0.2, -0.15) is 0 Å². The van der Waals surface area contributed by atoms with E-state index in [4.69, 9.17) is 4.74 Å². The Bertz CT molecular complexity index is 610. The molecule has 1 rings (SSSR count). The first-order chi connectivity index (χ1) is 12.7. The van der Waals surface area contributed by atoms with E-state index in [9.17, 15) is 18.4 Å². The minimum absolute atomic E-state index is 0.184. The van der Waals surface area contributed by atoms with Gasteiger partial charge >= 0.3 is 5.97 Å². The van der Waals surface area contributed by atoms with Crippen LogP contribution in [0, 0.1) is 11.7 Å². The molecule has 0 saturated carbocycles. The lowest BCUT2D eigenvalue weighted by atomic mass is 10.0. The van der Waals surface area contributed by atoms with Gasteiger partial charge in [-0.1, -0.05) is 41.0 Å². The number of hydrogen-bond acceptors (Lipinski definition) is 3. The number of alkyl halides is 1. The molecule has 1 atom stereocenters. The van der Waals surface area contributed by atoms with Gasteiger partial charge in [-0.25, -0.2) is 13.6 Å². The summed E-state index contributed by atoms with van der Waals surface area (Å²) >= 11 is 0. The quantitative estimate of drug-likeness (QED) is 0.545. The first-order valence-corrected chi connectivity index (χ1v) is 9.92. The van der Waals surface area contributed by atoms with Gasteiger partial charge in [-0.05, 0) is 50.2 Å². The van der Waals surface area contributed by atoms with Crippen molar-refractivity contribution in [1.82, 2.24) is 4.57 Å². The first kappa shape index (κ1) is 25.3. The van der Waals surface area contributed by atoms with Crippen molar-refractivity contribution in [2.75, 3.05) is 6.61 Å². The Kier molecular flexibility index (Phi) is 12.6. The Hall–Kier alpha value is -1.72. The van der Waals surface area contributed by atoms with Crippen molar-refractivity contribution in [2.24, 2.45) is 5.92 Å². The maximum atomic E-state index is 13.8. The van der Waals surface area contributed by atoms with E-state index in [2.05, 4.69) is 0 Å². The molecule has 0 fully saturated rings. The average molecular weight is 388 g/mol. The van der Waals surface area contributed by atoms with Gasteiger partial charge in [0.25, 0.3) is 5.56 Å². The minimum atomic E-state index is -0.820. The molecule has 156 valence electrons. The van der Waals surface area contributed by atoms with Crippen LogP contribution in [-0.4, -0.2) is 23.3 Å². The maximum Gasteiger partial charge on any atom is 0.329 e. The number of esters is 1. The number of nitrogens with zero attached hydrogens (tertiary/aromatic N) is 1. The van der Waals surface area contributed by atoms with Crippen molar-refractivity contribution >= 4 is 5.97 Å². The van der Waals surface area contributed by atoms with Crippen LogP contribution in [0.15, 0.2) is 17.1 Å². The molecule has 0 saturated heterocycles. The fourth-order valence-electron chi connectivity index (χ4n) is 2.58. The van der Waals surface area contributed by atoms with Crippen LogP contribution in [0.2, 0.25) is 0 Å². The largest absolute Gasteiger partial charge is 0.464 e. The van der Waals surface area contributed by atoms with Crippen LogP contribution >= 0.6 is 0 Å². The third kappa shape index (κ3) is 9.16. The van der Waals surface area contributed by atoms with Crippen LogP contribution in [-0.2, 0) is 16.0 Å². The summed E-state index contributed by atoms with van der Waals surface area (Å²) in [6.07, 6.45) is 4.28. The minimum Gasteiger partial charge on any atom is -0.464 e. The summed E-state index contributed by atoms with van der Waals surface area (Å²) in [5, 5.41) is 0. The molecule has 0 aromatic carbocycles. The summed E-state index contributed by atoms with van der Waals surface area (Å²) in [4.78, 5) is 24.1. The van der Waals surface area contributed by atoms with Gasteiger partial charge in [0.15, 0.2) is 5.82 Å². The fraction of sp³-hybridized carbons (Fsp3) is 0.714. The Morgan fingerprint density at radius 1 is 1.19 bits per heavy atom. The van der Waals surface area contributed by atoms with E-state index in [-0.39, 0.29) is 12.5 Å². The van der Waals surface area contributed by atoms with Crippen LogP contribution < -0.4 is 5.56 Å². The summed E-state index contributed by atoms with van der Waals surface area (Å²) in [6.45, 7) is 11.5. The number of carbonyl (C=O) groups excluding carboxylic acids is 1. The number of halogens is 2. The van der Waals surface area contributed by atoms with Gasteiger partial charge in [0.2, 0.25) is 0 Å². The highest BCUT2D eigenvalue weighted by molar-refractivity contribution is 5.74. The lowest BCUT2D eigenvalue weighted by Gasteiger charge is -2.21. The SMILES string of the molecule is CCC(F)CC.CCCc1cc(F)c(=O)n(C(CC(C)C)C(=O)OCC)c1. The van der Waals surface area contributed by atoms with Gasteiger partial charge in [-0.3, -0.25) is 9.36 Å². The predicted molar refractivity (Wildman–Crippen MR) is 105 cm³/mol. The predicted octanol–water partition coefficient (Wildman–Crippen LogP) is 5.23. The third-order valence-corrected chi connectivity index (χ3v) is 4.07. The molecule has 0 spiro atoms. The Labute approximate surface area is 161 Å². The molecule has 1 unspecified atom stereocenters. The van der Waals surface area contributed by atoms with Crippen molar-refractivity contribution in [3.8, 4) is 0 Å². The molecule has 1 aromatic heterocycles. The second-order valence-electron chi connectivity index (χ2n) is 6.97. The van der Waals surface area contributed by atoms with E-state index < -0.39 is 29.6 Å². The van der Waals surface area contributed by atoms with Crippen LogP contribution in [0.5, 0.6) is 0 Å². The molecule has 4 nitrogen and oxygen atoms in total. The standard InChI is InChI=1S/C16H24FNO3.C5H11F/c1-5-7-12-9-13(17)15(19)18(10-12)14(8-11(3)4)16(20)21-6-2;1-3-5(6)4-2/h9-11,14H,5-8H2,1-4H3;5H,3-4H2,1-2H3. The number of ether oxygens (including phenoxy) is 1. The molecule has 0 bridgehead atoms. The molecule has 0 radical (unpaired) electrons. The van der Waals surface area contributed by atoms with Crippen molar-refractivity contribution in [2.45, 2.75) is 85.9 Å². The van der Waals surface area contributed by atoms with Gasteiger partial charge in [-0.15, -0.1) is 0 Å². The number of aromatic nitrogens is 1. The van der Waals surface area contributed by atoms with Crippen LogP contribution in [0.25, 0.3) is 0 Å². The average Bonchev–Trinajstić information content (AvgIpc) is 2.62. The van der Waals surface area contributed by atoms with Gasteiger partial charge in [0, 0.05) is 6.20 Å². The molecular formula is C21H35F2NO3. The molecule has 0 N–H and O–H groups in total. The summed E-state index contributed by atoms with van der Waals surface area (Å²) in [5.74, 6) is -1.12. The van der Waals surface area contributed by atoms with Gasteiger partial charge < -0.3 is 4.74 Å². The number of hydrogen-bond donors (Lipinski definition) is 0.